The van der Waals surface area contributed by atoms with Crippen molar-refractivity contribution in [1.82, 2.24) is 34.7 Å². The molecular formula is C28H25FN8O2. The van der Waals surface area contributed by atoms with Crippen LogP contribution >= 0.6 is 0 Å². The van der Waals surface area contributed by atoms with E-state index in [1.165, 1.54) is 29.9 Å². The van der Waals surface area contributed by atoms with Crippen LogP contribution in [0.2, 0.25) is 0 Å². The molecule has 7 rings (SSSR count). The summed E-state index contributed by atoms with van der Waals surface area (Å²) in [6, 6.07) is 10.5. The van der Waals surface area contributed by atoms with Gasteiger partial charge in [0, 0.05) is 23.6 Å². The monoisotopic (exact) mass is 524 g/mol. The van der Waals surface area contributed by atoms with Crippen LogP contribution in [0.4, 0.5) is 10.2 Å². The van der Waals surface area contributed by atoms with E-state index in [9.17, 15) is 14.0 Å². The largest absolute Gasteiger partial charge is 0.383 e. The highest BCUT2D eigenvalue weighted by molar-refractivity contribution is 6.00. The number of amides is 1. The van der Waals surface area contributed by atoms with Gasteiger partial charge < -0.3 is 10.6 Å². The van der Waals surface area contributed by atoms with Crippen molar-refractivity contribution in [2.45, 2.75) is 50.6 Å². The highest BCUT2D eigenvalue weighted by atomic mass is 19.1. The van der Waals surface area contributed by atoms with E-state index in [1.807, 2.05) is 23.1 Å². The lowest BCUT2D eigenvalue weighted by Crippen LogP contribution is -2.46. The number of rotatable bonds is 4. The summed E-state index contributed by atoms with van der Waals surface area (Å²) in [5.74, 6) is -0.216. The number of aromatic nitrogens is 6. The Morgan fingerprint density at radius 1 is 1.08 bits per heavy atom. The molecule has 10 nitrogen and oxygen atoms in total. The van der Waals surface area contributed by atoms with Crippen LogP contribution in [-0.2, 0) is 0 Å². The van der Waals surface area contributed by atoms with Crippen LogP contribution in [0.5, 0.6) is 0 Å². The average Bonchev–Trinajstić information content (AvgIpc) is 3.66. The molecule has 2 saturated heterocycles. The average molecular weight is 525 g/mol. The molecule has 0 radical (unpaired) electrons. The maximum atomic E-state index is 13.9. The lowest BCUT2D eigenvalue weighted by molar-refractivity contribution is 0.0556. The van der Waals surface area contributed by atoms with Gasteiger partial charge in [-0.05, 0) is 67.1 Å². The lowest BCUT2D eigenvalue weighted by atomic mass is 9.85. The number of carbonyl (C=O) groups excluding carboxylic acids is 2. The number of hydrogen-bond acceptors (Lipinski definition) is 7. The van der Waals surface area contributed by atoms with Crippen LogP contribution in [0, 0.1) is 5.82 Å². The maximum Gasteiger partial charge on any atom is 0.291 e. The molecule has 2 aliphatic heterocycles. The Morgan fingerprint density at radius 3 is 2.56 bits per heavy atom. The van der Waals surface area contributed by atoms with E-state index in [0.717, 1.165) is 34.7 Å². The number of ketones is 1. The molecule has 2 fully saturated rings. The van der Waals surface area contributed by atoms with E-state index in [-0.39, 0.29) is 47.2 Å². The Labute approximate surface area is 222 Å². The molecule has 39 heavy (non-hydrogen) atoms. The molecular weight excluding hydrogens is 499 g/mol. The van der Waals surface area contributed by atoms with Gasteiger partial charge in [-0.25, -0.2) is 14.4 Å². The summed E-state index contributed by atoms with van der Waals surface area (Å²) in [5.41, 5.74) is 9.68. The summed E-state index contributed by atoms with van der Waals surface area (Å²) in [6.45, 7) is 1.49. The summed E-state index contributed by atoms with van der Waals surface area (Å²) < 4.78 is 15.4. The molecule has 2 aromatic carbocycles. The van der Waals surface area contributed by atoms with E-state index in [2.05, 4.69) is 20.3 Å². The number of piperidine rings is 1. The molecule has 3 aromatic heterocycles. The van der Waals surface area contributed by atoms with Crippen LogP contribution in [0.1, 0.15) is 65.2 Å². The standard InChI is InChI=1S/C28H25FN8O2/c1-14(38)23-24(18-10-20-6-7-21(11-18)36(20)28(39)26-31-13-32-35-26)34-27-22(12-33-37(27)25(23)30)16-3-2-15-4-5-19(29)9-17(15)8-16/h2-5,8-9,12-13,18,20-21H,6-7,10-11,30H2,1H3,(H,31,32,35)/t18?,20-,21+. The van der Waals surface area contributed by atoms with E-state index < -0.39 is 0 Å². The first-order chi connectivity index (χ1) is 18.9. The quantitative estimate of drug-likeness (QED) is 0.337. The number of nitrogens with one attached hydrogen (secondary N) is 1. The van der Waals surface area contributed by atoms with E-state index in [4.69, 9.17) is 10.7 Å². The van der Waals surface area contributed by atoms with Gasteiger partial charge in [0.05, 0.1) is 17.5 Å². The van der Waals surface area contributed by atoms with Crippen molar-refractivity contribution >= 4 is 33.9 Å². The van der Waals surface area contributed by atoms with Gasteiger partial charge in [-0.3, -0.25) is 14.7 Å². The molecule has 0 aliphatic carbocycles. The highest BCUT2D eigenvalue weighted by Crippen LogP contribution is 2.45. The third-order valence-corrected chi connectivity index (χ3v) is 8.15. The van der Waals surface area contributed by atoms with Crippen molar-refractivity contribution in [2.24, 2.45) is 0 Å². The topological polar surface area (TPSA) is 135 Å². The zero-order valence-corrected chi connectivity index (χ0v) is 21.1. The molecule has 2 aliphatic rings. The van der Waals surface area contributed by atoms with Crippen molar-refractivity contribution < 1.29 is 14.0 Å². The fourth-order valence-corrected chi connectivity index (χ4v) is 6.44. The second-order valence-corrected chi connectivity index (χ2v) is 10.4. The maximum absolute atomic E-state index is 13.9. The molecule has 0 saturated carbocycles. The van der Waals surface area contributed by atoms with Crippen molar-refractivity contribution in [2.75, 3.05) is 5.73 Å². The summed E-state index contributed by atoms with van der Waals surface area (Å²) in [6.07, 6.45) is 6.09. The number of H-pyrrole nitrogens is 1. The van der Waals surface area contributed by atoms with Gasteiger partial charge in [-0.2, -0.15) is 14.7 Å². The molecule has 0 spiro atoms. The number of benzene rings is 2. The van der Waals surface area contributed by atoms with Crippen LogP contribution in [0.3, 0.4) is 0 Å². The fraction of sp³-hybridized carbons (Fsp3) is 0.286. The van der Waals surface area contributed by atoms with Crippen LogP contribution in [-0.4, -0.2) is 58.5 Å². The van der Waals surface area contributed by atoms with Gasteiger partial charge in [-0.15, -0.1) is 0 Å². The summed E-state index contributed by atoms with van der Waals surface area (Å²) in [7, 11) is 0. The SMILES string of the molecule is CC(=O)c1c(C2C[C@H]3CC[C@@H](C2)N3C(=O)c2ncn[nH]2)nc2c(-c3ccc4ccc(F)cc4c3)cnn2c1N. The molecule has 196 valence electrons. The second-order valence-electron chi connectivity index (χ2n) is 10.4. The Kier molecular flexibility index (Phi) is 5.22. The minimum absolute atomic E-state index is 0.00479. The number of Topliss-reactive ketones (excluding diaryl/α,β-unsaturated/α-hetero) is 1. The summed E-state index contributed by atoms with van der Waals surface area (Å²) in [4.78, 5) is 36.9. The molecule has 2 bridgehead atoms. The van der Waals surface area contributed by atoms with Gasteiger partial charge in [-0.1, -0.05) is 18.2 Å². The molecule has 11 heteroatoms. The fourth-order valence-electron chi connectivity index (χ4n) is 6.44. The highest BCUT2D eigenvalue weighted by Gasteiger charge is 2.45. The molecule has 5 aromatic rings. The van der Waals surface area contributed by atoms with Crippen molar-refractivity contribution in [3.8, 4) is 11.1 Å². The number of aromatic amines is 1. The Morgan fingerprint density at radius 2 is 1.85 bits per heavy atom. The Bertz CT molecular complexity index is 1770. The summed E-state index contributed by atoms with van der Waals surface area (Å²) in [5, 5.41) is 12.6. The zero-order chi connectivity index (χ0) is 26.8. The van der Waals surface area contributed by atoms with E-state index in [0.29, 0.717) is 29.7 Å². The molecule has 1 unspecified atom stereocenters. The van der Waals surface area contributed by atoms with Gasteiger partial charge in [0.25, 0.3) is 5.91 Å². The first-order valence-corrected chi connectivity index (χ1v) is 12.9. The second kappa shape index (κ2) is 8.69. The van der Waals surface area contributed by atoms with Gasteiger partial charge in [0.1, 0.15) is 18.0 Å². The number of anilines is 1. The first-order valence-electron chi connectivity index (χ1n) is 12.9. The number of fused-ring (bicyclic) bond motifs is 4. The van der Waals surface area contributed by atoms with Crippen molar-refractivity contribution in [3.63, 3.8) is 0 Å². The van der Waals surface area contributed by atoms with Crippen LogP contribution in [0.15, 0.2) is 48.9 Å². The minimum atomic E-state index is -0.307. The Balaban J connectivity index is 1.31. The van der Waals surface area contributed by atoms with Crippen LogP contribution < -0.4 is 5.73 Å². The van der Waals surface area contributed by atoms with Crippen LogP contribution in [0.25, 0.3) is 27.5 Å². The van der Waals surface area contributed by atoms with Crippen molar-refractivity contribution in [1.29, 1.82) is 0 Å². The smallest absolute Gasteiger partial charge is 0.291 e. The van der Waals surface area contributed by atoms with Gasteiger partial charge in [0.2, 0.25) is 5.82 Å². The molecule has 3 N–H and O–H groups in total. The van der Waals surface area contributed by atoms with Crippen molar-refractivity contribution in [3.05, 3.63) is 71.8 Å². The molecule has 3 atom stereocenters. The zero-order valence-electron chi connectivity index (χ0n) is 21.1. The molecule has 1 amide bonds. The number of carbonyl (C=O) groups is 2. The minimum Gasteiger partial charge on any atom is -0.383 e. The first kappa shape index (κ1) is 23.4. The molecule has 5 heterocycles. The third kappa shape index (κ3) is 3.68. The number of hydrogen-bond donors (Lipinski definition) is 2. The Hall–Kier alpha value is -4.67. The van der Waals surface area contributed by atoms with E-state index >= 15 is 0 Å². The van der Waals surface area contributed by atoms with Gasteiger partial charge >= 0.3 is 0 Å². The van der Waals surface area contributed by atoms with Gasteiger partial charge in [0.15, 0.2) is 11.4 Å². The number of halogens is 1. The predicted molar refractivity (Wildman–Crippen MR) is 142 cm³/mol. The predicted octanol–water partition coefficient (Wildman–Crippen LogP) is 4.14. The number of nitrogens with two attached hydrogens (primary N) is 1. The lowest BCUT2D eigenvalue weighted by Gasteiger charge is -2.38. The normalized spacial score (nSPS) is 20.7. The van der Waals surface area contributed by atoms with E-state index in [1.54, 1.807) is 12.3 Å². The number of nitrogen functional groups attached to an aromatic ring is 1. The number of nitrogens with zero attached hydrogens (tertiary/aromatic N) is 6. The summed E-state index contributed by atoms with van der Waals surface area (Å²) >= 11 is 0. The third-order valence-electron chi connectivity index (χ3n) is 8.15.